The van der Waals surface area contributed by atoms with Crippen molar-refractivity contribution >= 4 is 11.8 Å². The van der Waals surface area contributed by atoms with Gasteiger partial charge in [-0.2, -0.15) is 15.0 Å². The van der Waals surface area contributed by atoms with Crippen LogP contribution >= 0.6 is 0 Å². The van der Waals surface area contributed by atoms with Crippen molar-refractivity contribution < 1.29 is 14.3 Å². The van der Waals surface area contributed by atoms with Crippen molar-refractivity contribution in [1.29, 1.82) is 0 Å². The zero-order valence-corrected chi connectivity index (χ0v) is 8.07. The molecule has 0 saturated heterocycles. The van der Waals surface area contributed by atoms with Gasteiger partial charge in [-0.25, -0.2) is 4.79 Å². The predicted octanol–water partition coefficient (Wildman–Crippen LogP) is 0.770. The van der Waals surface area contributed by atoms with Gasteiger partial charge in [0.15, 0.2) is 5.69 Å². The number of aliphatic imine (C=N–C) groups is 1. The molecule has 0 saturated carbocycles. The molecular weight excluding hydrogens is 186 g/mol. The molecule has 1 rings (SSSR count). The Labute approximate surface area is 80.6 Å². The first-order chi connectivity index (χ1) is 6.72. The van der Waals surface area contributed by atoms with Gasteiger partial charge < -0.3 is 9.47 Å². The summed E-state index contributed by atoms with van der Waals surface area (Å²) < 4.78 is 9.75. The van der Waals surface area contributed by atoms with Crippen LogP contribution in [0, 0.1) is 6.92 Å². The zero-order valence-electron chi connectivity index (χ0n) is 8.07. The number of nitrogens with zero attached hydrogens (tertiary/aromatic N) is 3. The molecule has 0 fully saturated rings. The van der Waals surface area contributed by atoms with E-state index < -0.39 is 0 Å². The quantitative estimate of drug-likeness (QED) is 0.526. The maximum Gasteiger partial charge on any atom is 0.319 e. The summed E-state index contributed by atoms with van der Waals surface area (Å²) in [5.41, 5.74) is 0.764. The number of methoxy groups -OCH3 is 2. The molecule has 0 N–H and O–H groups in total. The number of aryl methyl sites for hydroxylation is 1. The summed E-state index contributed by atoms with van der Waals surface area (Å²) in [4.78, 5) is 21.4. The fraction of sp³-hybridized carbons (Fsp3) is 0.375. The van der Waals surface area contributed by atoms with Crippen molar-refractivity contribution in [3.05, 3.63) is 5.69 Å². The lowest BCUT2D eigenvalue weighted by molar-refractivity contribution is 0.352. The molecule has 0 aliphatic carbocycles. The summed E-state index contributed by atoms with van der Waals surface area (Å²) in [6.45, 7) is 1.67. The van der Waals surface area contributed by atoms with E-state index in [1.54, 1.807) is 6.92 Å². The number of hydrogen-bond donors (Lipinski definition) is 0. The normalized spacial score (nSPS) is 9.07. The van der Waals surface area contributed by atoms with Gasteiger partial charge in [0.1, 0.15) is 0 Å². The van der Waals surface area contributed by atoms with Gasteiger partial charge in [0.05, 0.1) is 19.9 Å². The molecule has 6 heteroatoms. The van der Waals surface area contributed by atoms with Gasteiger partial charge in [-0.05, 0) is 6.92 Å². The number of rotatable bonds is 3. The summed E-state index contributed by atoms with van der Waals surface area (Å²) in [7, 11) is 2.86. The molecule has 0 unspecified atom stereocenters. The molecule has 0 spiro atoms. The lowest BCUT2D eigenvalue weighted by atomic mass is 10.4. The third kappa shape index (κ3) is 1.86. The standard InChI is InChI=1S/C8H9N3O3/c1-5-6(9-4-12)7(13-2)11-8(10-5)14-3/h1-3H3. The lowest BCUT2D eigenvalue weighted by Gasteiger charge is -2.05. The molecule has 0 amide bonds. The van der Waals surface area contributed by atoms with Gasteiger partial charge in [-0.3, -0.25) is 0 Å². The monoisotopic (exact) mass is 195 g/mol. The summed E-state index contributed by atoms with van der Waals surface area (Å²) in [5, 5.41) is 0. The fourth-order valence-corrected chi connectivity index (χ4v) is 0.924. The summed E-state index contributed by atoms with van der Waals surface area (Å²) in [6, 6.07) is 0.171. The average molecular weight is 195 g/mol. The molecule has 0 aromatic carbocycles. The number of hydrogen-bond acceptors (Lipinski definition) is 6. The summed E-state index contributed by atoms with van der Waals surface area (Å²) in [6.07, 6.45) is 1.41. The van der Waals surface area contributed by atoms with E-state index >= 15 is 0 Å². The van der Waals surface area contributed by atoms with Gasteiger partial charge >= 0.3 is 6.01 Å². The van der Waals surface area contributed by atoms with Crippen LogP contribution in [0.2, 0.25) is 0 Å². The third-order valence-electron chi connectivity index (χ3n) is 1.54. The Balaban J connectivity index is 3.34. The van der Waals surface area contributed by atoms with Crippen LogP contribution in [-0.4, -0.2) is 30.3 Å². The summed E-state index contributed by atoms with van der Waals surface area (Å²) >= 11 is 0. The molecule has 1 aromatic rings. The predicted molar refractivity (Wildman–Crippen MR) is 47.7 cm³/mol. The van der Waals surface area contributed by atoms with E-state index in [2.05, 4.69) is 15.0 Å². The Hall–Kier alpha value is -1.94. The first kappa shape index (κ1) is 10.1. The Bertz CT molecular complexity index is 386. The van der Waals surface area contributed by atoms with Gasteiger partial charge in [-0.1, -0.05) is 0 Å². The van der Waals surface area contributed by atoms with Gasteiger partial charge in [0, 0.05) is 0 Å². The fourth-order valence-electron chi connectivity index (χ4n) is 0.924. The number of aromatic nitrogens is 2. The van der Waals surface area contributed by atoms with Gasteiger partial charge in [0.2, 0.25) is 12.0 Å². The molecule has 1 aromatic heterocycles. The minimum absolute atomic E-state index is 0.171. The van der Waals surface area contributed by atoms with Crippen LogP contribution in [0.5, 0.6) is 11.9 Å². The molecule has 74 valence electrons. The van der Waals surface area contributed by atoms with Crippen molar-refractivity contribution in [2.45, 2.75) is 6.92 Å². The molecule has 0 aliphatic heterocycles. The van der Waals surface area contributed by atoms with Crippen molar-refractivity contribution in [3.63, 3.8) is 0 Å². The zero-order chi connectivity index (χ0) is 10.6. The van der Waals surface area contributed by atoms with Crippen LogP contribution in [0.3, 0.4) is 0 Å². The molecule has 0 atom stereocenters. The van der Waals surface area contributed by atoms with E-state index in [9.17, 15) is 4.79 Å². The second kappa shape index (κ2) is 4.34. The van der Waals surface area contributed by atoms with Crippen LogP contribution in [0.15, 0.2) is 4.99 Å². The SMILES string of the molecule is COc1nc(C)c(N=C=O)c(OC)n1. The summed E-state index contributed by atoms with van der Waals surface area (Å²) in [5.74, 6) is 0.192. The second-order valence-electron chi connectivity index (χ2n) is 2.36. The van der Waals surface area contributed by atoms with E-state index in [1.807, 2.05) is 0 Å². The highest BCUT2D eigenvalue weighted by atomic mass is 16.5. The molecular formula is C8H9N3O3. The highest BCUT2D eigenvalue weighted by Crippen LogP contribution is 2.28. The van der Waals surface area contributed by atoms with Crippen molar-refractivity contribution in [2.75, 3.05) is 14.2 Å². The second-order valence-corrected chi connectivity index (χ2v) is 2.36. The highest BCUT2D eigenvalue weighted by Gasteiger charge is 2.11. The molecule has 6 nitrogen and oxygen atoms in total. The largest absolute Gasteiger partial charge is 0.479 e. The van der Waals surface area contributed by atoms with Crippen LogP contribution in [0.25, 0.3) is 0 Å². The minimum atomic E-state index is 0.171. The smallest absolute Gasteiger partial charge is 0.319 e. The molecule has 14 heavy (non-hydrogen) atoms. The van der Waals surface area contributed by atoms with Crippen LogP contribution < -0.4 is 9.47 Å². The van der Waals surface area contributed by atoms with Crippen LogP contribution in [-0.2, 0) is 4.79 Å². The molecule has 0 radical (unpaired) electrons. The Kier molecular flexibility index (Phi) is 3.14. The van der Waals surface area contributed by atoms with Crippen LogP contribution in [0.1, 0.15) is 5.69 Å². The number of carbonyl (C=O) groups excluding carboxylic acids is 1. The Morgan fingerprint density at radius 2 is 2.00 bits per heavy atom. The number of ether oxygens (including phenoxy) is 2. The Morgan fingerprint density at radius 1 is 1.29 bits per heavy atom. The highest BCUT2D eigenvalue weighted by molar-refractivity contribution is 5.57. The molecule has 0 aliphatic rings. The minimum Gasteiger partial charge on any atom is -0.479 e. The average Bonchev–Trinajstić information content (AvgIpc) is 2.20. The number of isocyanates is 1. The van der Waals surface area contributed by atoms with E-state index in [-0.39, 0.29) is 17.6 Å². The van der Waals surface area contributed by atoms with Crippen molar-refractivity contribution in [3.8, 4) is 11.9 Å². The van der Waals surface area contributed by atoms with Gasteiger partial charge in [0.25, 0.3) is 0 Å². The third-order valence-corrected chi connectivity index (χ3v) is 1.54. The van der Waals surface area contributed by atoms with Gasteiger partial charge in [-0.15, -0.1) is 0 Å². The van der Waals surface area contributed by atoms with E-state index in [1.165, 1.54) is 20.3 Å². The maximum atomic E-state index is 10.1. The van der Waals surface area contributed by atoms with E-state index in [0.717, 1.165) is 0 Å². The molecule has 1 heterocycles. The molecule has 0 bridgehead atoms. The first-order valence-corrected chi connectivity index (χ1v) is 3.77. The van der Waals surface area contributed by atoms with Crippen LogP contribution in [0.4, 0.5) is 5.69 Å². The van der Waals surface area contributed by atoms with Crippen molar-refractivity contribution in [1.82, 2.24) is 9.97 Å². The lowest BCUT2D eigenvalue weighted by Crippen LogP contribution is -1.98. The Morgan fingerprint density at radius 3 is 2.50 bits per heavy atom. The topological polar surface area (TPSA) is 73.7 Å². The van der Waals surface area contributed by atoms with E-state index in [0.29, 0.717) is 5.69 Å². The van der Waals surface area contributed by atoms with Crippen molar-refractivity contribution in [2.24, 2.45) is 4.99 Å². The maximum absolute atomic E-state index is 10.1. The van der Waals surface area contributed by atoms with E-state index in [4.69, 9.17) is 9.47 Å². The first-order valence-electron chi connectivity index (χ1n) is 3.77.